The standard InChI is InChI=1S/C5H3N3OS/c1-2-6-9-5-3-10-8-7-4(1)5/h1-3H. The van der Waals surface area contributed by atoms with Gasteiger partial charge in [-0.2, -0.15) is 0 Å². The molecule has 0 aliphatic carbocycles. The lowest BCUT2D eigenvalue weighted by atomic mass is 10.3. The van der Waals surface area contributed by atoms with Gasteiger partial charge in [-0.1, -0.05) is 5.16 Å². The molecule has 2 aliphatic heterocycles. The maximum atomic E-state index is 4.87. The normalized spacial score (nSPS) is 20.8. The monoisotopic (exact) mass is 153 g/mol. The first kappa shape index (κ1) is 5.67. The Morgan fingerprint density at radius 3 is 3.40 bits per heavy atom. The van der Waals surface area contributed by atoms with Crippen LogP contribution in [0.2, 0.25) is 0 Å². The summed E-state index contributed by atoms with van der Waals surface area (Å²) in [6.45, 7) is 0. The lowest BCUT2D eigenvalue weighted by Gasteiger charge is -2.08. The Hall–Kier alpha value is -1.10. The van der Waals surface area contributed by atoms with Gasteiger partial charge in [0.1, 0.15) is 5.70 Å². The Kier molecular flexibility index (Phi) is 1.28. The van der Waals surface area contributed by atoms with Gasteiger partial charge in [-0.3, -0.25) is 0 Å². The highest BCUT2D eigenvalue weighted by atomic mass is 32.2. The second-order valence-corrected chi connectivity index (χ2v) is 2.28. The van der Waals surface area contributed by atoms with Crippen molar-refractivity contribution in [1.29, 1.82) is 0 Å². The molecular formula is C5H3N3OS. The Labute approximate surface area is 61.5 Å². The van der Waals surface area contributed by atoms with E-state index in [1.165, 1.54) is 11.9 Å². The van der Waals surface area contributed by atoms with Crippen molar-refractivity contribution in [2.24, 2.45) is 14.8 Å². The van der Waals surface area contributed by atoms with Crippen molar-refractivity contribution in [1.82, 2.24) is 0 Å². The molecule has 5 heteroatoms. The van der Waals surface area contributed by atoms with E-state index in [1.807, 2.05) is 0 Å². The van der Waals surface area contributed by atoms with Gasteiger partial charge in [0.25, 0.3) is 0 Å². The smallest absolute Gasteiger partial charge is 0.193 e. The van der Waals surface area contributed by atoms with Crippen molar-refractivity contribution in [3.05, 3.63) is 22.9 Å². The van der Waals surface area contributed by atoms with Crippen LogP contribution >= 0.6 is 11.9 Å². The van der Waals surface area contributed by atoms with Crippen LogP contribution in [0, 0.1) is 0 Å². The van der Waals surface area contributed by atoms with Gasteiger partial charge < -0.3 is 4.84 Å². The van der Waals surface area contributed by atoms with Gasteiger partial charge in [0, 0.05) is 17.4 Å². The average molecular weight is 153 g/mol. The first-order chi connectivity index (χ1) is 4.97. The Morgan fingerprint density at radius 2 is 2.50 bits per heavy atom. The summed E-state index contributed by atoms with van der Waals surface area (Å²) in [5.41, 5.74) is 0.730. The summed E-state index contributed by atoms with van der Waals surface area (Å²) >= 11 is 1.24. The first-order valence-electron chi connectivity index (χ1n) is 2.65. The van der Waals surface area contributed by atoms with E-state index in [0.29, 0.717) is 5.76 Å². The third kappa shape index (κ3) is 0.841. The van der Waals surface area contributed by atoms with Gasteiger partial charge in [0.05, 0.1) is 6.21 Å². The van der Waals surface area contributed by atoms with E-state index in [1.54, 1.807) is 17.7 Å². The van der Waals surface area contributed by atoms with Gasteiger partial charge in [-0.25, -0.2) is 0 Å². The molecule has 0 aromatic heterocycles. The third-order valence-electron chi connectivity index (χ3n) is 1.05. The lowest BCUT2D eigenvalue weighted by molar-refractivity contribution is 0.234. The molecule has 2 heterocycles. The summed E-state index contributed by atoms with van der Waals surface area (Å²) in [6, 6.07) is 0. The van der Waals surface area contributed by atoms with Crippen molar-refractivity contribution in [2.45, 2.75) is 0 Å². The van der Waals surface area contributed by atoms with Crippen molar-refractivity contribution < 1.29 is 4.84 Å². The Bertz CT molecular complexity index is 266. The third-order valence-corrected chi connectivity index (χ3v) is 1.55. The number of allylic oxidation sites excluding steroid dienone is 1. The number of fused-ring (bicyclic) bond motifs is 1. The molecule has 2 aliphatic rings. The predicted octanol–water partition coefficient (Wildman–Crippen LogP) is 1.84. The van der Waals surface area contributed by atoms with E-state index >= 15 is 0 Å². The van der Waals surface area contributed by atoms with Gasteiger partial charge in [-0.15, -0.1) is 9.63 Å². The summed E-state index contributed by atoms with van der Waals surface area (Å²) < 4.78 is 3.72. The second kappa shape index (κ2) is 2.26. The molecule has 0 aromatic carbocycles. The summed E-state index contributed by atoms with van der Waals surface area (Å²) in [5, 5.41) is 9.15. The van der Waals surface area contributed by atoms with E-state index in [-0.39, 0.29) is 0 Å². The van der Waals surface area contributed by atoms with Crippen LogP contribution in [0.3, 0.4) is 0 Å². The predicted molar refractivity (Wildman–Crippen MR) is 38.2 cm³/mol. The molecular weight excluding hydrogens is 150 g/mol. The molecule has 0 fully saturated rings. The van der Waals surface area contributed by atoms with Crippen LogP contribution in [-0.2, 0) is 4.84 Å². The molecule has 50 valence electrons. The molecule has 0 aromatic rings. The van der Waals surface area contributed by atoms with Crippen LogP contribution in [0.15, 0.2) is 37.7 Å². The summed E-state index contributed by atoms with van der Waals surface area (Å²) in [4.78, 5) is 4.87. The van der Waals surface area contributed by atoms with E-state index < -0.39 is 0 Å². The summed E-state index contributed by atoms with van der Waals surface area (Å²) in [6.07, 6.45) is 3.29. The summed E-state index contributed by atoms with van der Waals surface area (Å²) in [5.74, 6) is 0.669. The number of rotatable bonds is 0. The topological polar surface area (TPSA) is 46.3 Å². The first-order valence-corrected chi connectivity index (χ1v) is 3.48. The largest absolute Gasteiger partial charge is 0.354 e. The van der Waals surface area contributed by atoms with Crippen molar-refractivity contribution in [3.8, 4) is 0 Å². The molecule has 0 amide bonds. The van der Waals surface area contributed by atoms with E-state index in [9.17, 15) is 0 Å². The Morgan fingerprint density at radius 1 is 1.50 bits per heavy atom. The number of hydrogen-bond donors (Lipinski definition) is 0. The highest BCUT2D eigenvalue weighted by Crippen LogP contribution is 2.26. The van der Waals surface area contributed by atoms with Gasteiger partial charge in [-0.05, 0) is 6.08 Å². The zero-order chi connectivity index (χ0) is 6.81. The fourth-order valence-corrected chi connectivity index (χ4v) is 1.06. The van der Waals surface area contributed by atoms with Crippen molar-refractivity contribution in [2.75, 3.05) is 0 Å². The second-order valence-electron chi connectivity index (χ2n) is 1.67. The number of oxime groups is 1. The van der Waals surface area contributed by atoms with E-state index in [0.717, 1.165) is 5.70 Å². The molecule has 0 radical (unpaired) electrons. The SMILES string of the molecule is C1=NOC2=CSN=NC2=C1. The fourth-order valence-electron chi connectivity index (χ4n) is 0.621. The molecule has 0 spiro atoms. The molecule has 0 saturated carbocycles. The lowest BCUT2D eigenvalue weighted by Crippen LogP contribution is -1.96. The number of hydrogen-bond acceptors (Lipinski definition) is 5. The maximum Gasteiger partial charge on any atom is 0.193 e. The van der Waals surface area contributed by atoms with E-state index in [2.05, 4.69) is 14.8 Å². The van der Waals surface area contributed by atoms with Gasteiger partial charge in [0.2, 0.25) is 0 Å². The van der Waals surface area contributed by atoms with E-state index in [4.69, 9.17) is 4.84 Å². The van der Waals surface area contributed by atoms with Crippen LogP contribution in [0.4, 0.5) is 0 Å². The highest BCUT2D eigenvalue weighted by Gasteiger charge is 2.11. The minimum Gasteiger partial charge on any atom is -0.354 e. The molecule has 0 bridgehead atoms. The minimum atomic E-state index is 0.669. The molecule has 10 heavy (non-hydrogen) atoms. The molecule has 0 atom stereocenters. The van der Waals surface area contributed by atoms with Crippen LogP contribution < -0.4 is 0 Å². The molecule has 0 N–H and O–H groups in total. The fraction of sp³-hybridized carbons (Fsp3) is 0. The quantitative estimate of drug-likeness (QED) is 0.498. The molecule has 2 rings (SSSR count). The van der Waals surface area contributed by atoms with Crippen LogP contribution in [-0.4, -0.2) is 6.21 Å². The maximum absolute atomic E-state index is 4.87. The van der Waals surface area contributed by atoms with Crippen LogP contribution in [0.25, 0.3) is 0 Å². The average Bonchev–Trinajstić information content (AvgIpc) is 2.05. The molecule has 0 saturated heterocycles. The molecule has 4 nitrogen and oxygen atoms in total. The highest BCUT2D eigenvalue weighted by molar-refractivity contribution is 8.00. The zero-order valence-electron chi connectivity index (χ0n) is 4.89. The van der Waals surface area contributed by atoms with Gasteiger partial charge in [0.15, 0.2) is 5.76 Å². The Balaban J connectivity index is 2.39. The zero-order valence-corrected chi connectivity index (χ0v) is 5.71. The summed E-state index contributed by atoms with van der Waals surface area (Å²) in [7, 11) is 0. The molecule has 0 unspecified atom stereocenters. The number of nitrogens with zero attached hydrogens (tertiary/aromatic N) is 3. The van der Waals surface area contributed by atoms with Crippen molar-refractivity contribution in [3.63, 3.8) is 0 Å². The van der Waals surface area contributed by atoms with Gasteiger partial charge >= 0.3 is 0 Å². The van der Waals surface area contributed by atoms with Crippen molar-refractivity contribution >= 4 is 18.2 Å². The van der Waals surface area contributed by atoms with Crippen LogP contribution in [0.5, 0.6) is 0 Å². The van der Waals surface area contributed by atoms with Crippen LogP contribution in [0.1, 0.15) is 0 Å². The minimum absolute atomic E-state index is 0.669.